The van der Waals surface area contributed by atoms with E-state index in [9.17, 15) is 9.18 Å². The molecule has 0 amide bonds. The molecular weight excluding hydrogens is 279 g/mol. The fourth-order valence-electron chi connectivity index (χ4n) is 2.01. The molecule has 106 valence electrons. The summed E-state index contributed by atoms with van der Waals surface area (Å²) < 4.78 is 13.3. The molecule has 2 rings (SSSR count). The van der Waals surface area contributed by atoms with Gasteiger partial charge in [0.2, 0.25) is 0 Å². The van der Waals surface area contributed by atoms with Gasteiger partial charge in [0.25, 0.3) is 0 Å². The zero-order chi connectivity index (χ0) is 14.7. The summed E-state index contributed by atoms with van der Waals surface area (Å²) in [5.41, 5.74) is 1.53. The van der Waals surface area contributed by atoms with E-state index in [1.165, 1.54) is 12.1 Å². The molecule has 1 N–H and O–H groups in total. The molecule has 0 aliphatic carbocycles. The normalized spacial score (nSPS) is 11.0. The van der Waals surface area contributed by atoms with Crippen LogP contribution in [0.25, 0.3) is 0 Å². The molecule has 1 aromatic heterocycles. The summed E-state index contributed by atoms with van der Waals surface area (Å²) in [4.78, 5) is 17.4. The van der Waals surface area contributed by atoms with Gasteiger partial charge in [-0.1, -0.05) is 0 Å². The third-order valence-electron chi connectivity index (χ3n) is 2.84. The Kier molecular flexibility index (Phi) is 4.46. The van der Waals surface area contributed by atoms with Crippen molar-refractivity contribution in [3.05, 3.63) is 51.2 Å². The van der Waals surface area contributed by atoms with Crippen molar-refractivity contribution >= 4 is 17.3 Å². The summed E-state index contributed by atoms with van der Waals surface area (Å²) in [5, 5.41) is 12.1. The molecule has 0 bridgehead atoms. The minimum atomic E-state index is -1.04. The minimum Gasteiger partial charge on any atom is -0.478 e. The molecule has 0 aliphatic rings. The molecule has 0 saturated heterocycles. The van der Waals surface area contributed by atoms with E-state index in [4.69, 9.17) is 5.11 Å². The van der Waals surface area contributed by atoms with Crippen LogP contribution >= 0.6 is 11.3 Å². The van der Waals surface area contributed by atoms with Gasteiger partial charge in [0.05, 0.1) is 16.3 Å². The van der Waals surface area contributed by atoms with Crippen molar-refractivity contribution < 1.29 is 14.3 Å². The molecule has 0 saturated carbocycles. The average molecular weight is 294 g/mol. The van der Waals surface area contributed by atoms with Crippen molar-refractivity contribution in [3.63, 3.8) is 0 Å². The van der Waals surface area contributed by atoms with E-state index in [-0.39, 0.29) is 5.56 Å². The van der Waals surface area contributed by atoms with Crippen LogP contribution in [0.15, 0.2) is 23.6 Å². The number of halogens is 1. The van der Waals surface area contributed by atoms with Gasteiger partial charge in [-0.3, -0.25) is 4.90 Å². The lowest BCUT2D eigenvalue weighted by Crippen LogP contribution is -2.19. The van der Waals surface area contributed by atoms with Crippen LogP contribution in [0.1, 0.15) is 26.6 Å². The SMILES string of the molecule is Cc1nc(CN(C)Cc2cc(F)ccc2C(=O)O)cs1. The van der Waals surface area contributed by atoms with Gasteiger partial charge in [0.1, 0.15) is 5.82 Å². The summed E-state index contributed by atoms with van der Waals surface area (Å²) in [6, 6.07) is 3.73. The lowest BCUT2D eigenvalue weighted by molar-refractivity contribution is 0.0694. The summed E-state index contributed by atoms with van der Waals surface area (Å²) in [5.74, 6) is -1.47. The first-order chi connectivity index (χ1) is 9.45. The Morgan fingerprint density at radius 3 is 2.80 bits per heavy atom. The Hall–Kier alpha value is -1.79. The molecule has 0 fully saturated rings. The Balaban J connectivity index is 2.12. The largest absolute Gasteiger partial charge is 0.478 e. The molecule has 0 atom stereocenters. The third kappa shape index (κ3) is 3.61. The van der Waals surface area contributed by atoms with Gasteiger partial charge in [0.15, 0.2) is 0 Å². The Morgan fingerprint density at radius 1 is 1.45 bits per heavy atom. The highest BCUT2D eigenvalue weighted by atomic mass is 32.1. The van der Waals surface area contributed by atoms with Crippen LogP contribution < -0.4 is 0 Å². The second-order valence-corrected chi connectivity index (χ2v) is 5.70. The van der Waals surface area contributed by atoms with E-state index in [0.717, 1.165) is 16.8 Å². The molecule has 2 aromatic rings. The number of thiazole rings is 1. The first-order valence-electron chi connectivity index (χ1n) is 6.07. The van der Waals surface area contributed by atoms with Gasteiger partial charge in [-0.25, -0.2) is 14.2 Å². The molecule has 1 heterocycles. The maximum absolute atomic E-state index is 13.3. The van der Waals surface area contributed by atoms with Crippen LogP contribution in [0.3, 0.4) is 0 Å². The van der Waals surface area contributed by atoms with E-state index in [2.05, 4.69) is 4.98 Å². The molecular formula is C14H15FN2O2S. The fraction of sp³-hybridized carbons (Fsp3) is 0.286. The Bertz CT molecular complexity index is 627. The zero-order valence-electron chi connectivity index (χ0n) is 11.3. The van der Waals surface area contributed by atoms with E-state index in [1.807, 2.05) is 24.3 Å². The molecule has 0 radical (unpaired) electrons. The average Bonchev–Trinajstić information content (AvgIpc) is 2.74. The standard InChI is InChI=1S/C14H15FN2O2S/c1-9-16-12(8-20-9)7-17(2)6-10-5-11(15)3-4-13(10)14(18)19/h3-5,8H,6-7H2,1-2H3,(H,18,19). The predicted molar refractivity (Wildman–Crippen MR) is 75.4 cm³/mol. The summed E-state index contributed by atoms with van der Waals surface area (Å²) in [7, 11) is 1.85. The topological polar surface area (TPSA) is 53.4 Å². The number of benzene rings is 1. The van der Waals surface area contributed by atoms with Crippen molar-refractivity contribution in [2.24, 2.45) is 0 Å². The van der Waals surface area contributed by atoms with Gasteiger partial charge in [-0.2, -0.15) is 0 Å². The van der Waals surface area contributed by atoms with Crippen molar-refractivity contribution in [1.82, 2.24) is 9.88 Å². The maximum Gasteiger partial charge on any atom is 0.336 e. The van der Waals surface area contributed by atoms with Gasteiger partial charge in [0, 0.05) is 18.5 Å². The van der Waals surface area contributed by atoms with Gasteiger partial charge in [-0.15, -0.1) is 11.3 Å². The highest BCUT2D eigenvalue weighted by Crippen LogP contribution is 2.16. The fourth-order valence-corrected chi connectivity index (χ4v) is 2.61. The first kappa shape index (κ1) is 14.6. The smallest absolute Gasteiger partial charge is 0.336 e. The van der Waals surface area contributed by atoms with Crippen molar-refractivity contribution in [2.75, 3.05) is 7.05 Å². The maximum atomic E-state index is 13.3. The van der Waals surface area contributed by atoms with Gasteiger partial charge >= 0.3 is 5.97 Å². The number of rotatable bonds is 5. The van der Waals surface area contributed by atoms with Crippen molar-refractivity contribution in [1.29, 1.82) is 0 Å². The molecule has 0 aliphatic heterocycles. The molecule has 6 heteroatoms. The molecule has 0 unspecified atom stereocenters. The lowest BCUT2D eigenvalue weighted by atomic mass is 10.1. The number of aromatic carboxylic acids is 1. The number of carboxylic acid groups (broad SMARTS) is 1. The van der Waals surface area contributed by atoms with E-state index in [1.54, 1.807) is 11.3 Å². The highest BCUT2D eigenvalue weighted by molar-refractivity contribution is 7.09. The zero-order valence-corrected chi connectivity index (χ0v) is 12.1. The first-order valence-corrected chi connectivity index (χ1v) is 6.95. The van der Waals surface area contributed by atoms with E-state index >= 15 is 0 Å². The van der Waals surface area contributed by atoms with Crippen LogP contribution in [0, 0.1) is 12.7 Å². The molecule has 0 spiro atoms. The second kappa shape index (κ2) is 6.11. The summed E-state index contributed by atoms with van der Waals surface area (Å²) in [6.07, 6.45) is 0. The second-order valence-electron chi connectivity index (χ2n) is 4.64. The summed E-state index contributed by atoms with van der Waals surface area (Å²) >= 11 is 1.57. The van der Waals surface area contributed by atoms with Crippen LogP contribution in [0.4, 0.5) is 4.39 Å². The van der Waals surface area contributed by atoms with E-state index in [0.29, 0.717) is 18.7 Å². The number of hydrogen-bond donors (Lipinski definition) is 1. The van der Waals surface area contributed by atoms with E-state index < -0.39 is 11.8 Å². The number of carboxylic acids is 1. The van der Waals surface area contributed by atoms with Crippen LogP contribution in [0.5, 0.6) is 0 Å². The van der Waals surface area contributed by atoms with Gasteiger partial charge < -0.3 is 5.11 Å². The number of hydrogen-bond acceptors (Lipinski definition) is 4. The van der Waals surface area contributed by atoms with Gasteiger partial charge in [-0.05, 0) is 37.7 Å². The number of aromatic nitrogens is 1. The van der Waals surface area contributed by atoms with Crippen LogP contribution in [0.2, 0.25) is 0 Å². The molecule has 4 nitrogen and oxygen atoms in total. The van der Waals surface area contributed by atoms with Crippen molar-refractivity contribution in [3.8, 4) is 0 Å². The number of aryl methyl sites for hydroxylation is 1. The number of nitrogens with zero attached hydrogens (tertiary/aromatic N) is 2. The Labute approximate surface area is 120 Å². The molecule has 20 heavy (non-hydrogen) atoms. The monoisotopic (exact) mass is 294 g/mol. The van der Waals surface area contributed by atoms with Crippen molar-refractivity contribution in [2.45, 2.75) is 20.0 Å². The summed E-state index contributed by atoms with van der Waals surface area (Å²) in [6.45, 7) is 2.89. The number of carbonyl (C=O) groups is 1. The minimum absolute atomic E-state index is 0.132. The Morgan fingerprint density at radius 2 is 2.20 bits per heavy atom. The van der Waals surface area contributed by atoms with Crippen LogP contribution in [-0.4, -0.2) is 28.0 Å². The third-order valence-corrected chi connectivity index (χ3v) is 3.66. The lowest BCUT2D eigenvalue weighted by Gasteiger charge is -2.16. The highest BCUT2D eigenvalue weighted by Gasteiger charge is 2.13. The quantitative estimate of drug-likeness (QED) is 0.921. The molecule has 1 aromatic carbocycles. The van der Waals surface area contributed by atoms with Crippen LogP contribution in [-0.2, 0) is 13.1 Å². The predicted octanol–water partition coefficient (Wildman–Crippen LogP) is 2.92.